The summed E-state index contributed by atoms with van der Waals surface area (Å²) in [6.45, 7) is 2.54. The summed E-state index contributed by atoms with van der Waals surface area (Å²) in [5.41, 5.74) is 2.64. The van der Waals surface area contributed by atoms with Crippen molar-refractivity contribution in [2.45, 2.75) is 26.2 Å². The molecule has 0 unspecified atom stereocenters. The highest BCUT2D eigenvalue weighted by Gasteiger charge is 2.23. The molecule has 0 bridgehead atoms. The Bertz CT molecular complexity index is 756. The molecule has 1 aliphatic heterocycles. The molecule has 1 heterocycles. The van der Waals surface area contributed by atoms with Crippen molar-refractivity contribution < 1.29 is 14.3 Å². The van der Waals surface area contributed by atoms with E-state index in [0.29, 0.717) is 18.7 Å². The van der Waals surface area contributed by atoms with Crippen LogP contribution in [0.2, 0.25) is 0 Å². The van der Waals surface area contributed by atoms with Crippen molar-refractivity contribution in [2.24, 2.45) is 0 Å². The van der Waals surface area contributed by atoms with Gasteiger partial charge in [0, 0.05) is 17.8 Å². The number of anilines is 2. The number of rotatable bonds is 5. The van der Waals surface area contributed by atoms with E-state index in [-0.39, 0.29) is 18.4 Å². The van der Waals surface area contributed by atoms with Crippen molar-refractivity contribution in [1.29, 1.82) is 0 Å². The van der Waals surface area contributed by atoms with E-state index in [4.69, 9.17) is 4.74 Å². The molecule has 5 nitrogen and oxygen atoms in total. The fourth-order valence-corrected chi connectivity index (χ4v) is 3.00. The van der Waals surface area contributed by atoms with Gasteiger partial charge in [0.05, 0.1) is 6.61 Å². The second-order valence-corrected chi connectivity index (χ2v) is 5.97. The molecule has 5 heteroatoms. The molecular formula is C20H22N2O3. The van der Waals surface area contributed by atoms with Crippen molar-refractivity contribution in [2.75, 3.05) is 23.4 Å². The van der Waals surface area contributed by atoms with E-state index >= 15 is 0 Å². The third-order valence-corrected chi connectivity index (χ3v) is 4.17. The lowest BCUT2D eigenvalue weighted by molar-refractivity contribution is -0.121. The van der Waals surface area contributed by atoms with Crippen LogP contribution >= 0.6 is 0 Å². The molecule has 1 N–H and O–H groups in total. The molecule has 2 aromatic carbocycles. The predicted octanol–water partition coefficient (Wildman–Crippen LogP) is 3.39. The normalized spacial score (nSPS) is 13.8. The van der Waals surface area contributed by atoms with Crippen LogP contribution in [0.25, 0.3) is 0 Å². The zero-order valence-corrected chi connectivity index (χ0v) is 14.3. The van der Waals surface area contributed by atoms with Crippen LogP contribution in [-0.2, 0) is 16.0 Å². The van der Waals surface area contributed by atoms with Gasteiger partial charge in [-0.1, -0.05) is 18.2 Å². The molecule has 0 aliphatic carbocycles. The van der Waals surface area contributed by atoms with Gasteiger partial charge in [0.25, 0.3) is 0 Å². The van der Waals surface area contributed by atoms with Gasteiger partial charge >= 0.3 is 0 Å². The standard InChI is InChI=1S/C20H22N2O3/c1-2-25-17-12-10-16(11-13-17)21-19(23)14-22-18-8-4-3-6-15(18)7-5-9-20(22)24/h3-4,6,8,10-13H,2,5,7,9,14H2,1H3,(H,21,23). The summed E-state index contributed by atoms with van der Waals surface area (Å²) in [6, 6.07) is 15.0. The molecular weight excluding hydrogens is 316 g/mol. The number of ether oxygens (including phenoxy) is 1. The molecule has 0 spiro atoms. The van der Waals surface area contributed by atoms with Crippen molar-refractivity contribution in [1.82, 2.24) is 0 Å². The Morgan fingerprint density at radius 3 is 2.64 bits per heavy atom. The van der Waals surface area contributed by atoms with Crippen LogP contribution in [0.4, 0.5) is 11.4 Å². The van der Waals surface area contributed by atoms with Crippen LogP contribution in [-0.4, -0.2) is 25.0 Å². The summed E-state index contributed by atoms with van der Waals surface area (Å²) >= 11 is 0. The van der Waals surface area contributed by atoms with E-state index in [1.807, 2.05) is 43.3 Å². The van der Waals surface area contributed by atoms with Gasteiger partial charge in [-0.15, -0.1) is 0 Å². The molecule has 130 valence electrons. The first-order chi connectivity index (χ1) is 12.2. The van der Waals surface area contributed by atoms with E-state index in [2.05, 4.69) is 5.32 Å². The Morgan fingerprint density at radius 1 is 1.12 bits per heavy atom. The number of fused-ring (bicyclic) bond motifs is 1. The number of benzene rings is 2. The van der Waals surface area contributed by atoms with Gasteiger partial charge in [-0.2, -0.15) is 0 Å². The minimum absolute atomic E-state index is 0.00760. The number of hydrogen-bond acceptors (Lipinski definition) is 3. The van der Waals surface area contributed by atoms with Crippen molar-refractivity contribution >= 4 is 23.2 Å². The molecule has 0 fully saturated rings. The Hall–Kier alpha value is -2.82. The van der Waals surface area contributed by atoms with Crippen LogP contribution in [0.15, 0.2) is 48.5 Å². The van der Waals surface area contributed by atoms with E-state index in [0.717, 1.165) is 29.8 Å². The molecule has 3 rings (SSSR count). The number of nitrogens with one attached hydrogen (secondary N) is 1. The van der Waals surface area contributed by atoms with E-state index in [9.17, 15) is 9.59 Å². The fraction of sp³-hybridized carbons (Fsp3) is 0.300. The lowest BCUT2D eigenvalue weighted by Crippen LogP contribution is -2.37. The largest absolute Gasteiger partial charge is 0.494 e. The molecule has 2 aromatic rings. The third-order valence-electron chi connectivity index (χ3n) is 4.17. The molecule has 0 atom stereocenters. The zero-order valence-electron chi connectivity index (χ0n) is 14.3. The summed E-state index contributed by atoms with van der Waals surface area (Å²) in [7, 11) is 0. The first kappa shape index (κ1) is 17.0. The lowest BCUT2D eigenvalue weighted by atomic mass is 10.1. The number of para-hydroxylation sites is 1. The number of hydrogen-bond donors (Lipinski definition) is 1. The summed E-state index contributed by atoms with van der Waals surface area (Å²) in [5.74, 6) is 0.540. The summed E-state index contributed by atoms with van der Waals surface area (Å²) < 4.78 is 5.39. The van der Waals surface area contributed by atoms with Gasteiger partial charge in [-0.05, 0) is 55.7 Å². The third kappa shape index (κ3) is 4.18. The van der Waals surface area contributed by atoms with Crippen molar-refractivity contribution in [3.63, 3.8) is 0 Å². The first-order valence-electron chi connectivity index (χ1n) is 8.58. The van der Waals surface area contributed by atoms with Gasteiger partial charge < -0.3 is 15.0 Å². The number of aryl methyl sites for hydroxylation is 1. The number of nitrogens with zero attached hydrogens (tertiary/aromatic N) is 1. The van der Waals surface area contributed by atoms with Gasteiger partial charge in [0.2, 0.25) is 11.8 Å². The van der Waals surface area contributed by atoms with E-state index in [1.54, 1.807) is 17.0 Å². The first-order valence-corrected chi connectivity index (χ1v) is 8.58. The minimum atomic E-state index is -0.214. The fourth-order valence-electron chi connectivity index (χ4n) is 3.00. The highest BCUT2D eigenvalue weighted by atomic mass is 16.5. The molecule has 2 amide bonds. The Balaban J connectivity index is 1.70. The zero-order chi connectivity index (χ0) is 17.6. The molecule has 0 saturated carbocycles. The minimum Gasteiger partial charge on any atom is -0.494 e. The van der Waals surface area contributed by atoms with Crippen molar-refractivity contribution in [3.8, 4) is 5.75 Å². The quantitative estimate of drug-likeness (QED) is 0.909. The van der Waals surface area contributed by atoms with Crippen LogP contribution in [0.1, 0.15) is 25.3 Å². The van der Waals surface area contributed by atoms with Crippen molar-refractivity contribution in [3.05, 3.63) is 54.1 Å². The van der Waals surface area contributed by atoms with Crippen LogP contribution in [0, 0.1) is 0 Å². The topological polar surface area (TPSA) is 58.6 Å². The van der Waals surface area contributed by atoms with E-state index in [1.165, 1.54) is 0 Å². The van der Waals surface area contributed by atoms with Crippen LogP contribution in [0.3, 0.4) is 0 Å². The average molecular weight is 338 g/mol. The Kier molecular flexibility index (Phi) is 5.33. The van der Waals surface area contributed by atoms with Gasteiger partial charge in [0.1, 0.15) is 12.3 Å². The maximum atomic E-state index is 12.4. The van der Waals surface area contributed by atoms with Gasteiger partial charge in [0.15, 0.2) is 0 Å². The van der Waals surface area contributed by atoms with Crippen LogP contribution < -0.4 is 15.0 Å². The second-order valence-electron chi connectivity index (χ2n) is 5.97. The predicted molar refractivity (Wildman–Crippen MR) is 98.0 cm³/mol. The molecule has 0 radical (unpaired) electrons. The second kappa shape index (κ2) is 7.83. The maximum Gasteiger partial charge on any atom is 0.244 e. The monoisotopic (exact) mass is 338 g/mol. The smallest absolute Gasteiger partial charge is 0.244 e. The van der Waals surface area contributed by atoms with E-state index < -0.39 is 0 Å². The molecule has 25 heavy (non-hydrogen) atoms. The molecule has 1 aliphatic rings. The maximum absolute atomic E-state index is 12.4. The Labute approximate surface area is 147 Å². The number of amides is 2. The van der Waals surface area contributed by atoms with Gasteiger partial charge in [-0.3, -0.25) is 9.59 Å². The SMILES string of the molecule is CCOc1ccc(NC(=O)CN2C(=O)CCCc3ccccc32)cc1. The molecule has 0 aromatic heterocycles. The number of carbonyl (C=O) groups excluding carboxylic acids is 2. The Morgan fingerprint density at radius 2 is 1.88 bits per heavy atom. The van der Waals surface area contributed by atoms with Crippen LogP contribution in [0.5, 0.6) is 5.75 Å². The highest BCUT2D eigenvalue weighted by Crippen LogP contribution is 2.26. The number of carbonyl (C=O) groups is 2. The molecule has 0 saturated heterocycles. The average Bonchev–Trinajstić information content (AvgIpc) is 2.76. The lowest BCUT2D eigenvalue weighted by Gasteiger charge is -2.22. The van der Waals surface area contributed by atoms with Gasteiger partial charge in [-0.25, -0.2) is 0 Å². The summed E-state index contributed by atoms with van der Waals surface area (Å²) in [5, 5.41) is 2.84. The summed E-state index contributed by atoms with van der Waals surface area (Å²) in [6.07, 6.45) is 2.14. The highest BCUT2D eigenvalue weighted by molar-refractivity contribution is 6.03. The summed E-state index contributed by atoms with van der Waals surface area (Å²) in [4.78, 5) is 26.4.